The van der Waals surface area contributed by atoms with E-state index in [1.807, 2.05) is 0 Å². The van der Waals surface area contributed by atoms with Gasteiger partial charge >= 0.3 is 5.97 Å². The third-order valence-corrected chi connectivity index (χ3v) is 3.05. The molecule has 2 N–H and O–H groups in total. The Kier molecular flexibility index (Phi) is 4.16. The van der Waals surface area contributed by atoms with Gasteiger partial charge in [-0.3, -0.25) is 9.59 Å². The number of hydrogen-bond donors (Lipinski definition) is 2. The minimum absolute atomic E-state index is 0.116. The van der Waals surface area contributed by atoms with Crippen molar-refractivity contribution in [3.8, 4) is 0 Å². The summed E-state index contributed by atoms with van der Waals surface area (Å²) in [6.07, 6.45) is 0.576. The number of aromatic nitrogens is 1. The molecular weight excluding hydrogens is 250 g/mol. The van der Waals surface area contributed by atoms with Crippen molar-refractivity contribution >= 4 is 17.7 Å². The zero-order valence-electron chi connectivity index (χ0n) is 10.8. The molecule has 1 amide bonds. The van der Waals surface area contributed by atoms with Crippen LogP contribution in [0.3, 0.4) is 0 Å². The molecule has 0 spiro atoms. The van der Waals surface area contributed by atoms with E-state index in [0.29, 0.717) is 24.5 Å². The summed E-state index contributed by atoms with van der Waals surface area (Å²) >= 11 is 0. The third kappa shape index (κ3) is 4.06. The van der Waals surface area contributed by atoms with Gasteiger partial charge in [-0.25, -0.2) is 0 Å². The van der Waals surface area contributed by atoms with Gasteiger partial charge in [0.05, 0.1) is 6.42 Å². The van der Waals surface area contributed by atoms with Gasteiger partial charge in [0.2, 0.25) is 5.91 Å². The molecule has 7 nitrogen and oxygen atoms in total. The van der Waals surface area contributed by atoms with Crippen molar-refractivity contribution in [3.05, 3.63) is 11.8 Å². The molecule has 0 aromatic carbocycles. The summed E-state index contributed by atoms with van der Waals surface area (Å²) in [7, 11) is 0. The normalized spacial score (nSPS) is 16.1. The average Bonchev–Trinajstić information content (AvgIpc) is 2.66. The molecule has 0 atom stereocenters. The number of aliphatic carboxylic acids is 1. The Hall–Kier alpha value is -1.89. The summed E-state index contributed by atoms with van der Waals surface area (Å²) in [6, 6.07) is 1.66. The maximum Gasteiger partial charge on any atom is 0.303 e. The van der Waals surface area contributed by atoms with Gasteiger partial charge in [-0.05, 0) is 12.8 Å². The van der Waals surface area contributed by atoms with Crippen molar-refractivity contribution in [3.63, 3.8) is 0 Å². The smallest absolute Gasteiger partial charge is 0.303 e. The Bertz CT molecular complexity index is 465. The van der Waals surface area contributed by atoms with Crippen molar-refractivity contribution in [2.24, 2.45) is 5.92 Å². The molecule has 0 unspecified atom stereocenters. The number of aryl methyl sites for hydroxylation is 1. The molecule has 19 heavy (non-hydrogen) atoms. The Morgan fingerprint density at radius 3 is 2.89 bits per heavy atom. The number of hydrogen-bond acceptors (Lipinski definition) is 5. The molecule has 1 aromatic rings. The lowest BCUT2D eigenvalue weighted by atomic mass is 9.96. The second-order valence-corrected chi connectivity index (χ2v) is 4.84. The zero-order valence-corrected chi connectivity index (χ0v) is 10.8. The Morgan fingerprint density at radius 2 is 2.32 bits per heavy atom. The minimum atomic E-state index is -0.760. The average molecular weight is 267 g/mol. The fourth-order valence-electron chi connectivity index (χ4n) is 2.13. The predicted octanol–water partition coefficient (Wildman–Crippen LogP) is 0.718. The van der Waals surface area contributed by atoms with E-state index in [9.17, 15) is 9.59 Å². The highest BCUT2D eigenvalue weighted by atomic mass is 16.5. The third-order valence-electron chi connectivity index (χ3n) is 3.05. The van der Waals surface area contributed by atoms with Crippen LogP contribution in [-0.2, 0) is 9.59 Å². The van der Waals surface area contributed by atoms with Gasteiger partial charge in [0.25, 0.3) is 0 Å². The molecule has 104 valence electrons. The fourth-order valence-corrected chi connectivity index (χ4v) is 2.13. The fraction of sp³-hybridized carbons (Fsp3) is 0.583. The number of likely N-dealkylation sites (tertiary alicyclic amines) is 1. The highest BCUT2D eigenvalue weighted by Crippen LogP contribution is 2.19. The zero-order chi connectivity index (χ0) is 13.8. The number of nitrogens with zero attached hydrogens (tertiary/aromatic N) is 2. The van der Waals surface area contributed by atoms with Gasteiger partial charge in [-0.1, -0.05) is 5.16 Å². The molecule has 7 heteroatoms. The van der Waals surface area contributed by atoms with Gasteiger partial charge in [-0.15, -0.1) is 0 Å². The second kappa shape index (κ2) is 5.83. The van der Waals surface area contributed by atoms with Crippen LogP contribution in [0, 0.1) is 12.8 Å². The number of rotatable bonds is 6. The molecule has 0 saturated carbocycles. The van der Waals surface area contributed by atoms with Crippen LogP contribution in [0.15, 0.2) is 10.6 Å². The minimum Gasteiger partial charge on any atom is -0.481 e. The van der Waals surface area contributed by atoms with Gasteiger partial charge in [0.1, 0.15) is 5.76 Å². The van der Waals surface area contributed by atoms with Gasteiger partial charge < -0.3 is 19.8 Å². The summed E-state index contributed by atoms with van der Waals surface area (Å²) in [5.41, 5.74) is 0. The largest absolute Gasteiger partial charge is 0.481 e. The van der Waals surface area contributed by atoms with E-state index in [4.69, 9.17) is 9.63 Å². The lowest BCUT2D eigenvalue weighted by molar-refractivity contribution is -0.139. The SMILES string of the molecule is Cc1cc(NC(=O)CCN2CC(CC(=O)O)C2)no1. The summed E-state index contributed by atoms with van der Waals surface area (Å²) in [5, 5.41) is 14.9. The summed E-state index contributed by atoms with van der Waals surface area (Å²) < 4.78 is 4.84. The van der Waals surface area contributed by atoms with E-state index < -0.39 is 5.97 Å². The van der Waals surface area contributed by atoms with E-state index in [1.54, 1.807) is 13.0 Å². The Balaban J connectivity index is 1.62. The van der Waals surface area contributed by atoms with E-state index in [-0.39, 0.29) is 18.2 Å². The van der Waals surface area contributed by atoms with Gasteiger partial charge in [0.15, 0.2) is 5.82 Å². The summed E-state index contributed by atoms with van der Waals surface area (Å²) in [6.45, 7) is 3.90. The second-order valence-electron chi connectivity index (χ2n) is 4.84. The van der Waals surface area contributed by atoms with Crippen molar-refractivity contribution in [1.82, 2.24) is 10.1 Å². The first kappa shape index (κ1) is 13.5. The number of carboxylic acid groups (broad SMARTS) is 1. The van der Waals surface area contributed by atoms with Crippen LogP contribution in [-0.4, -0.2) is 46.7 Å². The lowest BCUT2D eigenvalue weighted by Gasteiger charge is -2.38. The van der Waals surface area contributed by atoms with Crippen LogP contribution in [0.2, 0.25) is 0 Å². The summed E-state index contributed by atoms with van der Waals surface area (Å²) in [5.74, 6) is 0.418. The molecule has 0 bridgehead atoms. The van der Waals surface area contributed by atoms with Gasteiger partial charge in [-0.2, -0.15) is 0 Å². The van der Waals surface area contributed by atoms with Crippen LogP contribution in [0.5, 0.6) is 0 Å². The van der Waals surface area contributed by atoms with Crippen molar-refractivity contribution in [1.29, 1.82) is 0 Å². The first-order valence-electron chi connectivity index (χ1n) is 6.20. The molecule has 2 heterocycles. The molecule has 0 aliphatic carbocycles. The summed E-state index contributed by atoms with van der Waals surface area (Å²) in [4.78, 5) is 24.2. The number of carbonyl (C=O) groups is 2. The first-order chi connectivity index (χ1) is 9.02. The van der Waals surface area contributed by atoms with Crippen molar-refractivity contribution in [2.45, 2.75) is 19.8 Å². The van der Waals surface area contributed by atoms with Crippen molar-refractivity contribution in [2.75, 3.05) is 25.0 Å². The van der Waals surface area contributed by atoms with E-state index >= 15 is 0 Å². The number of anilines is 1. The Morgan fingerprint density at radius 1 is 1.58 bits per heavy atom. The van der Waals surface area contributed by atoms with Crippen LogP contribution in [0.25, 0.3) is 0 Å². The quantitative estimate of drug-likeness (QED) is 0.788. The van der Waals surface area contributed by atoms with Gasteiger partial charge in [0, 0.05) is 32.1 Å². The highest BCUT2D eigenvalue weighted by molar-refractivity contribution is 5.89. The topological polar surface area (TPSA) is 95.7 Å². The van der Waals surface area contributed by atoms with Crippen LogP contribution < -0.4 is 5.32 Å². The van der Waals surface area contributed by atoms with Crippen LogP contribution in [0.4, 0.5) is 5.82 Å². The first-order valence-corrected chi connectivity index (χ1v) is 6.20. The number of amides is 1. The maximum absolute atomic E-state index is 11.6. The van der Waals surface area contributed by atoms with Crippen LogP contribution >= 0.6 is 0 Å². The lowest BCUT2D eigenvalue weighted by Crippen LogP contribution is -2.48. The van der Waals surface area contributed by atoms with Crippen molar-refractivity contribution < 1.29 is 19.2 Å². The highest BCUT2D eigenvalue weighted by Gasteiger charge is 2.28. The number of carboxylic acids is 1. The van der Waals surface area contributed by atoms with E-state index in [2.05, 4.69) is 15.4 Å². The van der Waals surface area contributed by atoms with E-state index in [0.717, 1.165) is 13.1 Å². The molecule has 1 aliphatic rings. The standard InChI is InChI=1S/C12H17N3O4/c1-8-4-10(14-19-8)13-11(16)2-3-15-6-9(7-15)5-12(17)18/h4,9H,2-3,5-7H2,1H3,(H,17,18)(H,13,14,16). The molecule has 1 saturated heterocycles. The Labute approximate surface area is 110 Å². The molecule has 0 radical (unpaired) electrons. The van der Waals surface area contributed by atoms with Crippen LogP contribution in [0.1, 0.15) is 18.6 Å². The monoisotopic (exact) mass is 267 g/mol. The number of nitrogens with one attached hydrogen (secondary N) is 1. The molecule has 2 rings (SSSR count). The molecular formula is C12H17N3O4. The maximum atomic E-state index is 11.6. The predicted molar refractivity (Wildman–Crippen MR) is 66.7 cm³/mol. The molecule has 1 aromatic heterocycles. The van der Waals surface area contributed by atoms with E-state index in [1.165, 1.54) is 0 Å². The number of carbonyl (C=O) groups excluding carboxylic acids is 1. The molecule has 1 fully saturated rings. The molecule has 1 aliphatic heterocycles.